The molecule has 4 rings (SSSR count). The van der Waals surface area contributed by atoms with E-state index in [0.29, 0.717) is 48.7 Å². The molecule has 0 N–H and O–H groups in total. The van der Waals surface area contributed by atoms with Crippen molar-refractivity contribution in [3.63, 3.8) is 0 Å². The average Bonchev–Trinajstić information content (AvgIpc) is 2.85. The molecule has 0 aromatic heterocycles. The predicted molar refractivity (Wildman–Crippen MR) is 134 cm³/mol. The average molecular weight is 500 g/mol. The standard InChI is InChI=1S/C26H33N3O5S/c1-18-6-9-21(10-7-18)35(31,32)28-14-12-20(13-15-28)29-25(30)26(2,3)17-22(27-29)19-8-11-23(33-4)24(16-19)34-5/h6-11,16,20H,12-15,17H2,1-5H3. The maximum atomic E-state index is 13.3. The zero-order valence-electron chi connectivity index (χ0n) is 20.9. The third kappa shape index (κ3) is 4.92. The number of hydrazone groups is 1. The van der Waals surface area contributed by atoms with Gasteiger partial charge in [-0.15, -0.1) is 0 Å². The topological polar surface area (TPSA) is 88.5 Å². The number of ether oxygens (including phenoxy) is 2. The van der Waals surface area contributed by atoms with Gasteiger partial charge in [-0.3, -0.25) is 4.79 Å². The van der Waals surface area contributed by atoms with Gasteiger partial charge in [0.2, 0.25) is 15.9 Å². The van der Waals surface area contributed by atoms with Crippen LogP contribution in [0.1, 0.15) is 44.2 Å². The maximum absolute atomic E-state index is 13.3. The molecule has 2 aliphatic heterocycles. The van der Waals surface area contributed by atoms with Gasteiger partial charge in [0.1, 0.15) is 0 Å². The Morgan fingerprint density at radius 1 is 0.971 bits per heavy atom. The van der Waals surface area contributed by atoms with Crippen molar-refractivity contribution in [2.45, 2.75) is 51.0 Å². The minimum atomic E-state index is -3.57. The monoisotopic (exact) mass is 499 g/mol. The van der Waals surface area contributed by atoms with Crippen molar-refractivity contribution in [1.82, 2.24) is 9.31 Å². The molecular formula is C26H33N3O5S. The molecule has 2 heterocycles. The Labute approximate surface area is 207 Å². The molecule has 0 atom stereocenters. The van der Waals surface area contributed by atoms with Crippen molar-refractivity contribution < 1.29 is 22.7 Å². The van der Waals surface area contributed by atoms with Crippen molar-refractivity contribution >= 4 is 21.6 Å². The Kier molecular flexibility index (Phi) is 6.92. The molecule has 1 fully saturated rings. The molecule has 0 radical (unpaired) electrons. The Bertz CT molecular complexity index is 1230. The summed E-state index contributed by atoms with van der Waals surface area (Å²) in [6, 6.07) is 12.4. The molecule has 8 nitrogen and oxygen atoms in total. The third-order valence-electron chi connectivity index (χ3n) is 6.77. The van der Waals surface area contributed by atoms with E-state index in [-0.39, 0.29) is 11.9 Å². The van der Waals surface area contributed by atoms with Crippen LogP contribution in [0, 0.1) is 12.3 Å². The molecule has 188 valence electrons. The number of nitrogens with zero attached hydrogens (tertiary/aromatic N) is 3. The Morgan fingerprint density at radius 2 is 1.60 bits per heavy atom. The lowest BCUT2D eigenvalue weighted by Gasteiger charge is -2.41. The lowest BCUT2D eigenvalue weighted by molar-refractivity contribution is -0.144. The summed E-state index contributed by atoms with van der Waals surface area (Å²) >= 11 is 0. The van der Waals surface area contributed by atoms with Gasteiger partial charge < -0.3 is 9.47 Å². The van der Waals surface area contributed by atoms with E-state index in [2.05, 4.69) is 0 Å². The van der Waals surface area contributed by atoms with Gasteiger partial charge in [0.15, 0.2) is 11.5 Å². The van der Waals surface area contributed by atoms with Crippen LogP contribution in [0.15, 0.2) is 52.5 Å². The van der Waals surface area contributed by atoms with Crippen LogP contribution >= 0.6 is 0 Å². The number of rotatable bonds is 6. The summed E-state index contributed by atoms with van der Waals surface area (Å²) in [6.07, 6.45) is 1.55. The fraction of sp³-hybridized carbons (Fsp3) is 0.462. The first-order valence-electron chi connectivity index (χ1n) is 11.8. The molecule has 1 saturated heterocycles. The molecule has 2 aromatic carbocycles. The Balaban J connectivity index is 1.56. The van der Waals surface area contributed by atoms with Crippen LogP contribution < -0.4 is 9.47 Å². The quantitative estimate of drug-likeness (QED) is 0.603. The van der Waals surface area contributed by atoms with Gasteiger partial charge in [-0.25, -0.2) is 13.4 Å². The normalized spacial score (nSPS) is 19.4. The van der Waals surface area contributed by atoms with Gasteiger partial charge in [-0.05, 0) is 50.1 Å². The molecule has 0 spiro atoms. The molecule has 35 heavy (non-hydrogen) atoms. The largest absolute Gasteiger partial charge is 0.493 e. The van der Waals surface area contributed by atoms with Gasteiger partial charge in [0.25, 0.3) is 0 Å². The molecule has 0 bridgehead atoms. The zero-order valence-corrected chi connectivity index (χ0v) is 21.8. The number of hydrogen-bond donors (Lipinski definition) is 0. The van der Waals surface area contributed by atoms with E-state index in [4.69, 9.17) is 14.6 Å². The van der Waals surface area contributed by atoms with E-state index in [0.717, 1.165) is 16.8 Å². The number of methoxy groups -OCH3 is 2. The first-order chi connectivity index (χ1) is 16.6. The number of sulfonamides is 1. The molecular weight excluding hydrogens is 466 g/mol. The summed E-state index contributed by atoms with van der Waals surface area (Å²) in [5, 5.41) is 6.36. The van der Waals surface area contributed by atoms with Crippen molar-refractivity contribution in [1.29, 1.82) is 0 Å². The molecule has 0 unspecified atom stereocenters. The Hall–Kier alpha value is -2.91. The highest BCUT2D eigenvalue weighted by molar-refractivity contribution is 7.89. The van der Waals surface area contributed by atoms with Crippen LogP contribution in [0.2, 0.25) is 0 Å². The van der Waals surface area contributed by atoms with E-state index in [1.165, 1.54) is 4.31 Å². The van der Waals surface area contributed by atoms with Crippen LogP contribution in [0.4, 0.5) is 0 Å². The van der Waals surface area contributed by atoms with E-state index in [1.54, 1.807) is 43.5 Å². The SMILES string of the molecule is COc1ccc(C2=NN(C3CCN(S(=O)(=O)c4ccc(C)cc4)CC3)C(=O)C(C)(C)C2)cc1OC. The van der Waals surface area contributed by atoms with Crippen LogP contribution in [0.25, 0.3) is 0 Å². The van der Waals surface area contributed by atoms with Crippen molar-refractivity contribution in [3.05, 3.63) is 53.6 Å². The smallest absolute Gasteiger partial charge is 0.248 e. The highest BCUT2D eigenvalue weighted by atomic mass is 32.2. The van der Waals surface area contributed by atoms with Crippen LogP contribution in [-0.4, -0.2) is 62.7 Å². The second kappa shape index (κ2) is 9.62. The van der Waals surface area contributed by atoms with Gasteiger partial charge in [0.05, 0.1) is 36.3 Å². The molecule has 1 amide bonds. The lowest BCUT2D eigenvalue weighted by Crippen LogP contribution is -2.52. The van der Waals surface area contributed by atoms with Gasteiger partial charge in [-0.2, -0.15) is 9.41 Å². The number of hydrogen-bond acceptors (Lipinski definition) is 6. The van der Waals surface area contributed by atoms with Crippen LogP contribution in [0.3, 0.4) is 0 Å². The fourth-order valence-electron chi connectivity index (χ4n) is 4.62. The van der Waals surface area contributed by atoms with Gasteiger partial charge in [0, 0.05) is 25.1 Å². The molecule has 0 aliphatic carbocycles. The minimum absolute atomic E-state index is 0.0402. The third-order valence-corrected chi connectivity index (χ3v) is 8.68. The van der Waals surface area contributed by atoms with Crippen molar-refractivity contribution in [2.75, 3.05) is 27.3 Å². The summed E-state index contributed by atoms with van der Waals surface area (Å²) in [5.41, 5.74) is 2.05. The van der Waals surface area contributed by atoms with Gasteiger partial charge >= 0.3 is 0 Å². The molecule has 2 aromatic rings. The van der Waals surface area contributed by atoms with E-state index in [9.17, 15) is 13.2 Å². The highest BCUT2D eigenvalue weighted by Crippen LogP contribution is 2.36. The second-order valence-corrected chi connectivity index (χ2v) is 11.7. The number of carbonyl (C=O) groups is 1. The van der Waals surface area contributed by atoms with E-state index in [1.807, 2.05) is 39.0 Å². The second-order valence-electron chi connectivity index (χ2n) is 9.78. The molecule has 9 heteroatoms. The predicted octanol–water partition coefficient (Wildman–Crippen LogP) is 3.83. The summed E-state index contributed by atoms with van der Waals surface area (Å²) in [6.45, 7) is 6.46. The zero-order chi connectivity index (χ0) is 25.4. The fourth-order valence-corrected chi connectivity index (χ4v) is 6.09. The number of piperidine rings is 1. The Morgan fingerprint density at radius 3 is 2.20 bits per heavy atom. The van der Waals surface area contributed by atoms with Crippen molar-refractivity contribution in [3.8, 4) is 11.5 Å². The number of benzene rings is 2. The number of amides is 1. The van der Waals surface area contributed by atoms with Gasteiger partial charge in [-0.1, -0.05) is 31.5 Å². The summed E-state index contributed by atoms with van der Waals surface area (Å²) < 4.78 is 38.5. The lowest BCUT2D eigenvalue weighted by atomic mass is 9.82. The van der Waals surface area contributed by atoms with E-state index >= 15 is 0 Å². The first kappa shape index (κ1) is 25.2. The number of carbonyl (C=O) groups excluding carboxylic acids is 1. The summed E-state index contributed by atoms with van der Waals surface area (Å²) in [7, 11) is -0.395. The number of aryl methyl sites for hydroxylation is 1. The van der Waals surface area contributed by atoms with E-state index < -0.39 is 15.4 Å². The van der Waals surface area contributed by atoms with Crippen molar-refractivity contribution in [2.24, 2.45) is 10.5 Å². The molecule has 0 saturated carbocycles. The van der Waals surface area contributed by atoms with Crippen LogP contribution in [-0.2, 0) is 14.8 Å². The maximum Gasteiger partial charge on any atom is 0.248 e. The minimum Gasteiger partial charge on any atom is -0.493 e. The summed E-state index contributed by atoms with van der Waals surface area (Å²) in [4.78, 5) is 13.6. The highest BCUT2D eigenvalue weighted by Gasteiger charge is 2.42. The summed E-state index contributed by atoms with van der Waals surface area (Å²) in [5.74, 6) is 1.19. The van der Waals surface area contributed by atoms with Crippen LogP contribution in [0.5, 0.6) is 11.5 Å². The molecule has 2 aliphatic rings. The first-order valence-corrected chi connectivity index (χ1v) is 13.2.